The van der Waals surface area contributed by atoms with Gasteiger partial charge in [-0.25, -0.2) is 4.98 Å². The Bertz CT molecular complexity index is 631. The SMILES string of the molecule is Cc1cc(Oc2ccc(/C(N)=N/O)cn2)cc(C)c1Br. The van der Waals surface area contributed by atoms with E-state index < -0.39 is 0 Å². The number of aryl methyl sites for hydroxylation is 2. The van der Waals surface area contributed by atoms with E-state index in [0.29, 0.717) is 17.2 Å². The van der Waals surface area contributed by atoms with Gasteiger partial charge in [0, 0.05) is 22.3 Å². The average Bonchev–Trinajstić information content (AvgIpc) is 2.44. The van der Waals surface area contributed by atoms with E-state index in [-0.39, 0.29) is 5.84 Å². The van der Waals surface area contributed by atoms with E-state index in [2.05, 4.69) is 26.1 Å². The van der Waals surface area contributed by atoms with Gasteiger partial charge < -0.3 is 15.7 Å². The highest BCUT2D eigenvalue weighted by molar-refractivity contribution is 9.10. The first-order chi connectivity index (χ1) is 9.51. The number of hydrogen-bond donors (Lipinski definition) is 2. The number of hydrogen-bond acceptors (Lipinski definition) is 4. The van der Waals surface area contributed by atoms with Crippen LogP contribution in [0.3, 0.4) is 0 Å². The fourth-order valence-electron chi connectivity index (χ4n) is 1.74. The third-order valence-electron chi connectivity index (χ3n) is 2.77. The minimum absolute atomic E-state index is 0.0133. The van der Waals surface area contributed by atoms with E-state index in [9.17, 15) is 0 Å². The van der Waals surface area contributed by atoms with Gasteiger partial charge in [-0.15, -0.1) is 0 Å². The average molecular weight is 336 g/mol. The van der Waals surface area contributed by atoms with Gasteiger partial charge >= 0.3 is 0 Å². The molecule has 5 nitrogen and oxygen atoms in total. The molecule has 0 aliphatic carbocycles. The number of nitrogens with zero attached hydrogens (tertiary/aromatic N) is 2. The molecule has 104 valence electrons. The van der Waals surface area contributed by atoms with Crippen molar-refractivity contribution < 1.29 is 9.94 Å². The Morgan fingerprint density at radius 2 is 1.95 bits per heavy atom. The monoisotopic (exact) mass is 335 g/mol. The van der Waals surface area contributed by atoms with Crippen molar-refractivity contribution >= 4 is 21.8 Å². The van der Waals surface area contributed by atoms with Crippen LogP contribution in [0.4, 0.5) is 0 Å². The van der Waals surface area contributed by atoms with Crippen LogP contribution in [0.2, 0.25) is 0 Å². The number of oxime groups is 1. The van der Waals surface area contributed by atoms with Crippen molar-refractivity contribution in [3.8, 4) is 11.6 Å². The summed E-state index contributed by atoms with van der Waals surface area (Å²) < 4.78 is 6.76. The number of pyridine rings is 1. The van der Waals surface area contributed by atoms with Crippen molar-refractivity contribution in [2.45, 2.75) is 13.8 Å². The Labute approximate surface area is 125 Å². The molecule has 0 saturated heterocycles. The zero-order chi connectivity index (χ0) is 14.7. The molecular weight excluding hydrogens is 322 g/mol. The Hall–Kier alpha value is -2.08. The molecule has 0 aliphatic heterocycles. The number of aromatic nitrogens is 1. The van der Waals surface area contributed by atoms with Gasteiger partial charge in [0.05, 0.1) is 0 Å². The summed E-state index contributed by atoms with van der Waals surface area (Å²) in [6, 6.07) is 7.20. The van der Waals surface area contributed by atoms with Crippen LogP contribution in [0.25, 0.3) is 0 Å². The lowest BCUT2D eigenvalue weighted by Gasteiger charge is -2.09. The second kappa shape index (κ2) is 5.92. The molecule has 0 amide bonds. The number of benzene rings is 1. The molecule has 1 heterocycles. The zero-order valence-corrected chi connectivity index (χ0v) is 12.7. The first-order valence-electron chi connectivity index (χ1n) is 5.90. The maximum Gasteiger partial charge on any atom is 0.219 e. The summed E-state index contributed by atoms with van der Waals surface area (Å²) in [6.07, 6.45) is 1.49. The van der Waals surface area contributed by atoms with Gasteiger partial charge in [0.2, 0.25) is 5.88 Å². The lowest BCUT2D eigenvalue weighted by atomic mass is 10.1. The first kappa shape index (κ1) is 14.3. The van der Waals surface area contributed by atoms with Gasteiger partial charge in [-0.3, -0.25) is 0 Å². The van der Waals surface area contributed by atoms with Crippen molar-refractivity contribution in [1.82, 2.24) is 4.98 Å². The Morgan fingerprint density at radius 3 is 2.45 bits per heavy atom. The largest absolute Gasteiger partial charge is 0.439 e. The van der Waals surface area contributed by atoms with E-state index in [4.69, 9.17) is 15.7 Å². The van der Waals surface area contributed by atoms with Crippen LogP contribution in [0, 0.1) is 13.8 Å². The Morgan fingerprint density at radius 1 is 1.30 bits per heavy atom. The molecule has 2 aromatic rings. The fraction of sp³-hybridized carbons (Fsp3) is 0.143. The fourth-order valence-corrected chi connectivity index (χ4v) is 1.96. The summed E-state index contributed by atoms with van der Waals surface area (Å²) >= 11 is 3.51. The standard InChI is InChI=1S/C14H14BrN3O2/c1-8-5-11(6-9(2)13(8)15)20-12-4-3-10(7-17-12)14(16)18-19/h3-7,19H,1-2H3,(H2,16,18). The lowest BCUT2D eigenvalue weighted by Crippen LogP contribution is -2.13. The van der Waals surface area contributed by atoms with E-state index in [1.807, 2.05) is 26.0 Å². The molecular formula is C14H14BrN3O2. The molecule has 20 heavy (non-hydrogen) atoms. The Balaban J connectivity index is 2.22. The van der Waals surface area contributed by atoms with E-state index in [0.717, 1.165) is 15.6 Å². The maximum absolute atomic E-state index is 8.58. The molecule has 2 rings (SSSR count). The second-order valence-electron chi connectivity index (χ2n) is 4.34. The van der Waals surface area contributed by atoms with Gasteiger partial charge in [0.15, 0.2) is 5.84 Å². The summed E-state index contributed by atoms with van der Waals surface area (Å²) in [4.78, 5) is 4.12. The Kier molecular flexibility index (Phi) is 4.24. The van der Waals surface area contributed by atoms with Crippen molar-refractivity contribution in [3.63, 3.8) is 0 Å². The molecule has 3 N–H and O–H groups in total. The summed E-state index contributed by atoms with van der Waals surface area (Å²) in [5.74, 6) is 1.17. The van der Waals surface area contributed by atoms with Gasteiger partial charge in [-0.1, -0.05) is 21.1 Å². The van der Waals surface area contributed by atoms with E-state index in [1.54, 1.807) is 12.1 Å². The number of halogens is 1. The summed E-state index contributed by atoms with van der Waals surface area (Å²) in [6.45, 7) is 4.00. The smallest absolute Gasteiger partial charge is 0.219 e. The summed E-state index contributed by atoms with van der Waals surface area (Å²) in [5.41, 5.74) is 8.18. The van der Waals surface area contributed by atoms with Crippen LogP contribution < -0.4 is 10.5 Å². The van der Waals surface area contributed by atoms with Crippen LogP contribution in [0.1, 0.15) is 16.7 Å². The third kappa shape index (κ3) is 3.08. The van der Waals surface area contributed by atoms with Crippen molar-refractivity contribution in [1.29, 1.82) is 0 Å². The molecule has 0 radical (unpaired) electrons. The predicted molar refractivity (Wildman–Crippen MR) is 80.4 cm³/mol. The molecule has 6 heteroatoms. The van der Waals surface area contributed by atoms with Gasteiger partial charge in [-0.05, 0) is 43.2 Å². The van der Waals surface area contributed by atoms with E-state index >= 15 is 0 Å². The van der Waals surface area contributed by atoms with Gasteiger partial charge in [0.25, 0.3) is 0 Å². The first-order valence-corrected chi connectivity index (χ1v) is 6.69. The number of nitrogens with two attached hydrogens (primary N) is 1. The highest BCUT2D eigenvalue weighted by atomic mass is 79.9. The van der Waals surface area contributed by atoms with Crippen LogP contribution in [0.5, 0.6) is 11.6 Å². The van der Waals surface area contributed by atoms with Crippen molar-refractivity contribution in [2.24, 2.45) is 10.9 Å². The zero-order valence-electron chi connectivity index (χ0n) is 11.1. The van der Waals surface area contributed by atoms with Crippen LogP contribution in [-0.4, -0.2) is 16.0 Å². The molecule has 0 aliphatic rings. The molecule has 0 atom stereocenters. The molecule has 0 fully saturated rings. The topological polar surface area (TPSA) is 80.7 Å². The van der Waals surface area contributed by atoms with Crippen LogP contribution in [0.15, 0.2) is 40.1 Å². The van der Waals surface area contributed by atoms with Crippen LogP contribution in [-0.2, 0) is 0 Å². The molecule has 1 aromatic carbocycles. The van der Waals surface area contributed by atoms with E-state index in [1.165, 1.54) is 6.20 Å². The normalized spacial score (nSPS) is 11.4. The molecule has 0 saturated carbocycles. The van der Waals surface area contributed by atoms with Crippen LogP contribution >= 0.6 is 15.9 Å². The third-order valence-corrected chi connectivity index (χ3v) is 4.02. The van der Waals surface area contributed by atoms with Crippen molar-refractivity contribution in [2.75, 3.05) is 0 Å². The predicted octanol–water partition coefficient (Wildman–Crippen LogP) is 3.35. The lowest BCUT2D eigenvalue weighted by molar-refractivity contribution is 0.318. The summed E-state index contributed by atoms with van der Waals surface area (Å²) in [7, 11) is 0. The molecule has 1 aromatic heterocycles. The van der Waals surface area contributed by atoms with Crippen molar-refractivity contribution in [3.05, 3.63) is 51.6 Å². The maximum atomic E-state index is 8.58. The second-order valence-corrected chi connectivity index (χ2v) is 5.14. The molecule has 0 unspecified atom stereocenters. The van der Waals surface area contributed by atoms with Gasteiger partial charge in [0.1, 0.15) is 5.75 Å². The van der Waals surface area contributed by atoms with Gasteiger partial charge in [-0.2, -0.15) is 0 Å². The summed E-state index contributed by atoms with van der Waals surface area (Å²) in [5, 5.41) is 11.5. The molecule has 0 spiro atoms. The molecule has 0 bridgehead atoms. The minimum Gasteiger partial charge on any atom is -0.439 e. The minimum atomic E-state index is 0.0133. The highest BCUT2D eigenvalue weighted by Crippen LogP contribution is 2.28. The highest BCUT2D eigenvalue weighted by Gasteiger charge is 2.06. The number of ether oxygens (including phenoxy) is 1. The quantitative estimate of drug-likeness (QED) is 0.390. The number of rotatable bonds is 3. The number of amidine groups is 1.